The number of rotatable bonds is 5. The highest BCUT2D eigenvalue weighted by Crippen LogP contribution is 2.23. The van der Waals surface area contributed by atoms with Gasteiger partial charge in [0.25, 0.3) is 0 Å². The largest absolute Gasteiger partial charge is 0.372 e. The first kappa shape index (κ1) is 13.0. The summed E-state index contributed by atoms with van der Waals surface area (Å²) in [6.45, 7) is 2.92. The van der Waals surface area contributed by atoms with Crippen molar-refractivity contribution < 1.29 is 9.53 Å². The van der Waals surface area contributed by atoms with Crippen molar-refractivity contribution in [2.24, 2.45) is 0 Å². The lowest BCUT2D eigenvalue weighted by atomic mass is 9.95. The highest BCUT2D eigenvalue weighted by atomic mass is 79.9. The van der Waals surface area contributed by atoms with Gasteiger partial charge in [0.05, 0.1) is 0 Å². The number of amides is 1. The van der Waals surface area contributed by atoms with Gasteiger partial charge in [-0.05, 0) is 32.1 Å². The van der Waals surface area contributed by atoms with Crippen LogP contribution in [0.3, 0.4) is 0 Å². The number of alkyl halides is 1. The number of hydrogen-bond acceptors (Lipinski definition) is 2. The molecule has 1 rings (SSSR count). The molecule has 0 radical (unpaired) electrons. The van der Waals surface area contributed by atoms with Crippen molar-refractivity contribution in [3.05, 3.63) is 0 Å². The molecule has 0 saturated heterocycles. The van der Waals surface area contributed by atoms with Crippen LogP contribution in [0, 0.1) is 0 Å². The summed E-state index contributed by atoms with van der Waals surface area (Å²) in [7, 11) is 0. The average Bonchev–Trinajstić information content (AvgIpc) is 2.22. The molecule has 4 heteroatoms. The van der Waals surface area contributed by atoms with Crippen LogP contribution in [0.4, 0.5) is 0 Å². The van der Waals surface area contributed by atoms with E-state index in [2.05, 4.69) is 21.2 Å². The van der Waals surface area contributed by atoms with Crippen molar-refractivity contribution in [2.45, 2.75) is 49.9 Å². The molecule has 1 fully saturated rings. The van der Waals surface area contributed by atoms with Gasteiger partial charge in [-0.15, -0.1) is 0 Å². The van der Waals surface area contributed by atoms with Gasteiger partial charge in [0.2, 0.25) is 5.91 Å². The zero-order valence-corrected chi connectivity index (χ0v) is 10.9. The number of ether oxygens (including phenoxy) is 1. The van der Waals surface area contributed by atoms with Crippen molar-refractivity contribution in [3.8, 4) is 0 Å². The Morgan fingerprint density at radius 1 is 1.40 bits per heavy atom. The van der Waals surface area contributed by atoms with Crippen molar-refractivity contribution in [2.75, 3.05) is 13.2 Å². The second-order valence-corrected chi connectivity index (χ2v) is 5.36. The number of hydrogen-bond donors (Lipinski definition) is 1. The molecule has 0 unspecified atom stereocenters. The zero-order chi connectivity index (χ0) is 11.1. The third-order valence-electron chi connectivity index (χ3n) is 2.60. The molecule has 3 nitrogen and oxygen atoms in total. The predicted octanol–water partition coefficient (Wildman–Crippen LogP) is 2.24. The normalized spacial score (nSPS) is 26.3. The van der Waals surface area contributed by atoms with Crippen LogP contribution in [0.5, 0.6) is 0 Å². The Balaban J connectivity index is 2.09. The summed E-state index contributed by atoms with van der Waals surface area (Å²) >= 11 is 3.60. The maximum atomic E-state index is 11.4. The first-order valence-electron chi connectivity index (χ1n) is 5.73. The molecule has 0 aliphatic heterocycles. The lowest BCUT2D eigenvalue weighted by molar-refractivity contribution is -0.126. The molecule has 15 heavy (non-hydrogen) atoms. The molecule has 1 aliphatic carbocycles. The van der Waals surface area contributed by atoms with E-state index >= 15 is 0 Å². The summed E-state index contributed by atoms with van der Waals surface area (Å²) in [5.41, 5.74) is 0. The van der Waals surface area contributed by atoms with E-state index in [1.165, 1.54) is 0 Å². The zero-order valence-electron chi connectivity index (χ0n) is 9.30. The molecule has 0 aromatic carbocycles. The quantitative estimate of drug-likeness (QED) is 0.618. The molecule has 0 spiro atoms. The summed E-state index contributed by atoms with van der Waals surface area (Å²) < 4.78 is 5.19. The highest BCUT2D eigenvalue weighted by Gasteiger charge is 2.20. The van der Waals surface area contributed by atoms with E-state index in [0.29, 0.717) is 17.5 Å². The lowest BCUT2D eigenvalue weighted by Gasteiger charge is -2.25. The summed E-state index contributed by atoms with van der Waals surface area (Å²) in [6.07, 6.45) is 5.42. The molecule has 0 heterocycles. The number of halogens is 1. The van der Waals surface area contributed by atoms with Crippen LogP contribution in [0.15, 0.2) is 0 Å². The van der Waals surface area contributed by atoms with Gasteiger partial charge in [0.15, 0.2) is 0 Å². The van der Waals surface area contributed by atoms with Crippen LogP contribution in [0.2, 0.25) is 0 Å². The van der Waals surface area contributed by atoms with Gasteiger partial charge in [0.1, 0.15) is 6.61 Å². The van der Waals surface area contributed by atoms with Crippen molar-refractivity contribution in [1.29, 1.82) is 0 Å². The van der Waals surface area contributed by atoms with E-state index in [4.69, 9.17) is 4.74 Å². The summed E-state index contributed by atoms with van der Waals surface area (Å²) in [5.74, 6) is 0.0291. The number of carbonyl (C=O) groups excluding carboxylic acids is 1. The van der Waals surface area contributed by atoms with Crippen LogP contribution in [-0.4, -0.2) is 30.0 Å². The lowest BCUT2D eigenvalue weighted by Crippen LogP contribution is -2.39. The van der Waals surface area contributed by atoms with Crippen molar-refractivity contribution >= 4 is 21.8 Å². The van der Waals surface area contributed by atoms with Crippen molar-refractivity contribution in [1.82, 2.24) is 5.32 Å². The minimum atomic E-state index is 0.0291. The van der Waals surface area contributed by atoms with Crippen LogP contribution in [0.1, 0.15) is 39.0 Å². The Morgan fingerprint density at radius 2 is 2.07 bits per heavy atom. The predicted molar refractivity (Wildman–Crippen MR) is 64.2 cm³/mol. The van der Waals surface area contributed by atoms with Gasteiger partial charge in [-0.2, -0.15) is 0 Å². The van der Waals surface area contributed by atoms with Crippen LogP contribution >= 0.6 is 15.9 Å². The van der Waals surface area contributed by atoms with E-state index in [1.807, 2.05) is 6.92 Å². The van der Waals surface area contributed by atoms with Crippen molar-refractivity contribution in [3.63, 3.8) is 0 Å². The Morgan fingerprint density at radius 3 is 2.67 bits per heavy atom. The summed E-state index contributed by atoms with van der Waals surface area (Å²) in [6, 6.07) is 0.358. The van der Waals surface area contributed by atoms with Gasteiger partial charge < -0.3 is 10.1 Å². The van der Waals surface area contributed by atoms with Crippen LogP contribution in [0.25, 0.3) is 0 Å². The third-order valence-corrected chi connectivity index (χ3v) is 3.52. The smallest absolute Gasteiger partial charge is 0.246 e. The van der Waals surface area contributed by atoms with E-state index in [0.717, 1.165) is 32.1 Å². The average molecular weight is 278 g/mol. The van der Waals surface area contributed by atoms with Crippen LogP contribution < -0.4 is 5.32 Å². The van der Waals surface area contributed by atoms with E-state index in [9.17, 15) is 4.79 Å². The molecule has 1 saturated carbocycles. The Kier molecular flexibility index (Phi) is 6.25. The van der Waals surface area contributed by atoms with E-state index in [-0.39, 0.29) is 12.5 Å². The SMILES string of the molecule is CCCOCC(=O)NC1CCC(Br)CC1. The minimum Gasteiger partial charge on any atom is -0.372 e. The number of carbonyl (C=O) groups is 1. The summed E-state index contributed by atoms with van der Waals surface area (Å²) in [4.78, 5) is 12.1. The van der Waals surface area contributed by atoms with E-state index < -0.39 is 0 Å². The topological polar surface area (TPSA) is 38.3 Å². The Hall–Kier alpha value is -0.0900. The van der Waals surface area contributed by atoms with Gasteiger partial charge >= 0.3 is 0 Å². The van der Waals surface area contributed by atoms with Gasteiger partial charge in [0, 0.05) is 17.5 Å². The fourth-order valence-electron chi connectivity index (χ4n) is 1.78. The fourth-order valence-corrected chi connectivity index (χ4v) is 2.30. The highest BCUT2D eigenvalue weighted by molar-refractivity contribution is 9.09. The molecular formula is C11H20BrNO2. The molecule has 0 bridgehead atoms. The molecule has 0 aromatic rings. The third kappa shape index (κ3) is 5.52. The molecular weight excluding hydrogens is 258 g/mol. The molecule has 1 N–H and O–H groups in total. The second-order valence-electron chi connectivity index (χ2n) is 4.07. The fraction of sp³-hybridized carbons (Fsp3) is 0.909. The minimum absolute atomic E-state index is 0.0291. The van der Waals surface area contributed by atoms with E-state index in [1.54, 1.807) is 0 Å². The van der Waals surface area contributed by atoms with Crippen LogP contribution in [-0.2, 0) is 9.53 Å². The molecule has 1 aliphatic rings. The summed E-state index contributed by atoms with van der Waals surface area (Å²) in [5, 5.41) is 3.01. The maximum absolute atomic E-state index is 11.4. The Labute approximate surface area is 100 Å². The molecule has 88 valence electrons. The monoisotopic (exact) mass is 277 g/mol. The standard InChI is InChI=1S/C11H20BrNO2/c1-2-7-15-8-11(14)13-10-5-3-9(12)4-6-10/h9-10H,2-8H2,1H3,(H,13,14). The molecule has 0 aromatic heterocycles. The maximum Gasteiger partial charge on any atom is 0.246 e. The van der Waals surface area contributed by atoms with Gasteiger partial charge in [-0.25, -0.2) is 0 Å². The first-order chi connectivity index (χ1) is 7.22. The Bertz CT molecular complexity index is 191. The second kappa shape index (κ2) is 7.23. The molecule has 0 atom stereocenters. The molecule has 1 amide bonds. The van der Waals surface area contributed by atoms with Gasteiger partial charge in [-0.3, -0.25) is 4.79 Å². The number of nitrogens with one attached hydrogen (secondary N) is 1. The first-order valence-corrected chi connectivity index (χ1v) is 6.65. The van der Waals surface area contributed by atoms with Gasteiger partial charge in [-0.1, -0.05) is 22.9 Å².